The van der Waals surface area contributed by atoms with Crippen LogP contribution in [0.4, 0.5) is 10.1 Å². The van der Waals surface area contributed by atoms with Gasteiger partial charge in [-0.3, -0.25) is 14.4 Å². The molecule has 7 heteroatoms. The van der Waals surface area contributed by atoms with E-state index in [1.54, 1.807) is 84.3 Å². The fraction of sp³-hybridized carbons (Fsp3) is 0.129. The van der Waals surface area contributed by atoms with Gasteiger partial charge in [-0.05, 0) is 46.8 Å². The maximum atomic E-state index is 15.7. The number of carbonyl (C=O) groups is 3. The summed E-state index contributed by atoms with van der Waals surface area (Å²) in [5, 5.41) is 2.33. The fourth-order valence-corrected chi connectivity index (χ4v) is 7.46. The number of rotatable bonds is 3. The maximum absolute atomic E-state index is 15.7. The minimum Gasteiger partial charge on any atom is -0.352 e. The fourth-order valence-electron chi connectivity index (χ4n) is 6.58. The summed E-state index contributed by atoms with van der Waals surface area (Å²) >= 11 is 7.58. The van der Waals surface area contributed by atoms with Crippen molar-refractivity contribution in [2.24, 2.45) is 5.41 Å². The van der Waals surface area contributed by atoms with Gasteiger partial charge in [0.2, 0.25) is 0 Å². The van der Waals surface area contributed by atoms with Crippen molar-refractivity contribution >= 4 is 52.1 Å². The summed E-state index contributed by atoms with van der Waals surface area (Å²) in [5.41, 5.74) is 0.494. The van der Waals surface area contributed by atoms with Crippen molar-refractivity contribution in [1.29, 1.82) is 0 Å². The van der Waals surface area contributed by atoms with Gasteiger partial charge >= 0.3 is 0 Å². The third kappa shape index (κ3) is 2.93. The number of thiophene rings is 1. The molecule has 3 aromatic carbocycles. The van der Waals surface area contributed by atoms with Crippen molar-refractivity contribution < 1.29 is 18.8 Å². The molecular formula is C31H19ClFNO3S. The lowest BCUT2D eigenvalue weighted by molar-refractivity contribution is 0.0664. The topological polar surface area (TPSA) is 54.5 Å². The highest BCUT2D eigenvalue weighted by molar-refractivity contribution is 7.12. The average Bonchev–Trinajstić information content (AvgIpc) is 3.62. The van der Waals surface area contributed by atoms with E-state index in [4.69, 9.17) is 11.6 Å². The second-order valence-corrected chi connectivity index (χ2v) is 11.2. The molecule has 0 N–H and O–H groups in total. The zero-order chi connectivity index (χ0) is 26.2. The van der Waals surface area contributed by atoms with Crippen LogP contribution in [0.25, 0.3) is 6.08 Å². The third-order valence-electron chi connectivity index (χ3n) is 8.04. The van der Waals surface area contributed by atoms with Gasteiger partial charge in [-0.25, -0.2) is 4.39 Å². The van der Waals surface area contributed by atoms with Gasteiger partial charge in [-0.2, -0.15) is 0 Å². The molecule has 4 aromatic rings. The van der Waals surface area contributed by atoms with Crippen molar-refractivity contribution in [2.75, 3.05) is 4.90 Å². The van der Waals surface area contributed by atoms with Gasteiger partial charge in [-0.15, -0.1) is 11.3 Å². The number of Topliss-reactive ketones (excluding diaryl/α,β-unsaturated/α-hetero) is 3. The van der Waals surface area contributed by atoms with Crippen LogP contribution in [-0.2, 0) is 0 Å². The van der Waals surface area contributed by atoms with Crippen LogP contribution in [0.3, 0.4) is 0 Å². The maximum Gasteiger partial charge on any atom is 0.195 e. The Bertz CT molecular complexity index is 1660. The van der Waals surface area contributed by atoms with Crippen LogP contribution < -0.4 is 4.90 Å². The highest BCUT2D eigenvalue weighted by atomic mass is 35.5. The van der Waals surface area contributed by atoms with Gasteiger partial charge in [0, 0.05) is 27.8 Å². The first-order chi connectivity index (χ1) is 18.4. The van der Waals surface area contributed by atoms with Gasteiger partial charge in [0.05, 0.1) is 10.9 Å². The van der Waals surface area contributed by atoms with Gasteiger partial charge in [0.1, 0.15) is 17.3 Å². The number of benzene rings is 3. The predicted octanol–water partition coefficient (Wildman–Crippen LogP) is 6.86. The molecule has 0 radical (unpaired) electrons. The van der Waals surface area contributed by atoms with Crippen LogP contribution in [0.2, 0.25) is 5.02 Å². The summed E-state index contributed by atoms with van der Waals surface area (Å²) in [7, 11) is 0. The van der Waals surface area contributed by atoms with Crippen molar-refractivity contribution in [2.45, 2.75) is 18.0 Å². The molecular weight excluding hydrogens is 521 g/mol. The van der Waals surface area contributed by atoms with Crippen molar-refractivity contribution in [1.82, 2.24) is 0 Å². The standard InChI is InChI=1S/C31H19ClFNO3S/c32-18-12-13-23-17(16-18)11-14-25-31(29(36)19-6-1-2-7-20(19)30(31)37)26(21-8-3-4-9-22(21)33)27(34(23)25)28(35)24-10-5-15-38-24/h1-16,25-27H/t25?,26-,27+/m0/s1. The van der Waals surface area contributed by atoms with Crippen LogP contribution in [0, 0.1) is 11.2 Å². The quantitative estimate of drug-likeness (QED) is 0.211. The summed E-state index contributed by atoms with van der Waals surface area (Å²) in [6.07, 6.45) is 3.64. The highest BCUT2D eigenvalue weighted by Gasteiger charge is 2.71. The Hall–Kier alpha value is -3.87. The molecule has 2 aliphatic heterocycles. The molecule has 4 nitrogen and oxygen atoms in total. The van der Waals surface area contributed by atoms with E-state index in [0.29, 0.717) is 26.7 Å². The van der Waals surface area contributed by atoms with Crippen LogP contribution in [0.1, 0.15) is 47.4 Å². The van der Waals surface area contributed by atoms with E-state index < -0.39 is 29.2 Å². The van der Waals surface area contributed by atoms with Crippen LogP contribution in [-0.4, -0.2) is 29.4 Å². The molecule has 38 heavy (non-hydrogen) atoms. The zero-order valence-electron chi connectivity index (χ0n) is 19.8. The Morgan fingerprint density at radius 3 is 2.32 bits per heavy atom. The van der Waals surface area contributed by atoms with E-state index in [9.17, 15) is 14.4 Å². The minimum atomic E-state index is -1.72. The van der Waals surface area contributed by atoms with Crippen molar-refractivity contribution in [3.63, 3.8) is 0 Å². The Morgan fingerprint density at radius 1 is 0.921 bits per heavy atom. The van der Waals surface area contributed by atoms with Gasteiger partial charge in [0.25, 0.3) is 0 Å². The Kier molecular flexibility index (Phi) is 5.09. The first-order valence-electron chi connectivity index (χ1n) is 12.2. The number of fused-ring (bicyclic) bond motifs is 5. The molecule has 0 amide bonds. The van der Waals surface area contributed by atoms with E-state index in [2.05, 4.69) is 0 Å². The second-order valence-electron chi connectivity index (χ2n) is 9.77. The molecule has 1 unspecified atom stereocenters. The zero-order valence-corrected chi connectivity index (χ0v) is 21.4. The monoisotopic (exact) mass is 539 g/mol. The van der Waals surface area contributed by atoms with E-state index in [0.717, 1.165) is 5.56 Å². The molecule has 0 saturated carbocycles. The molecule has 1 fully saturated rings. The van der Waals surface area contributed by atoms with Crippen LogP contribution in [0.15, 0.2) is 90.3 Å². The summed E-state index contributed by atoms with van der Waals surface area (Å²) < 4.78 is 15.7. The third-order valence-corrected chi connectivity index (χ3v) is 9.16. The lowest BCUT2D eigenvalue weighted by Crippen LogP contribution is -2.48. The van der Waals surface area contributed by atoms with Crippen molar-refractivity contribution in [3.8, 4) is 0 Å². The SMILES string of the molecule is O=C(c1cccs1)[C@H]1[C@H](c2ccccc2F)C2(C(=O)c3ccccc3C2=O)C2C=Cc3cc(Cl)ccc3N21. The Labute approximate surface area is 227 Å². The number of hydrogen-bond acceptors (Lipinski definition) is 5. The van der Waals surface area contributed by atoms with E-state index >= 15 is 4.39 Å². The number of anilines is 1. The summed E-state index contributed by atoms with van der Waals surface area (Å²) in [6.45, 7) is 0. The number of halogens is 2. The number of nitrogens with zero attached hydrogens (tertiary/aromatic N) is 1. The Balaban J connectivity index is 1.57. The van der Waals surface area contributed by atoms with Gasteiger partial charge < -0.3 is 4.90 Å². The Morgan fingerprint density at radius 2 is 1.63 bits per heavy atom. The molecule has 7 rings (SSSR count). The van der Waals surface area contributed by atoms with Crippen LogP contribution >= 0.6 is 22.9 Å². The molecule has 0 bridgehead atoms. The largest absolute Gasteiger partial charge is 0.352 e. The molecule has 3 atom stereocenters. The number of ketones is 3. The molecule has 1 aromatic heterocycles. The van der Waals surface area contributed by atoms with Crippen molar-refractivity contribution in [3.05, 3.63) is 128 Å². The molecule has 3 aliphatic rings. The minimum absolute atomic E-state index is 0.176. The normalized spacial score (nSPS) is 22.5. The van der Waals surface area contributed by atoms with Gasteiger partial charge in [-0.1, -0.05) is 72.3 Å². The van der Waals surface area contributed by atoms with Gasteiger partial charge in [0.15, 0.2) is 17.3 Å². The smallest absolute Gasteiger partial charge is 0.195 e. The van der Waals surface area contributed by atoms with Crippen LogP contribution in [0.5, 0.6) is 0 Å². The lowest BCUT2D eigenvalue weighted by atomic mass is 9.64. The highest BCUT2D eigenvalue weighted by Crippen LogP contribution is 2.61. The van der Waals surface area contributed by atoms with E-state index in [-0.39, 0.29) is 22.9 Å². The first-order valence-corrected chi connectivity index (χ1v) is 13.5. The summed E-state index contributed by atoms with van der Waals surface area (Å²) in [6, 6.07) is 19.9. The molecule has 1 aliphatic carbocycles. The summed E-state index contributed by atoms with van der Waals surface area (Å²) in [5.74, 6) is -2.66. The summed E-state index contributed by atoms with van der Waals surface area (Å²) in [4.78, 5) is 45.6. The second kappa shape index (κ2) is 8.32. The molecule has 3 heterocycles. The average molecular weight is 540 g/mol. The molecule has 1 spiro atoms. The predicted molar refractivity (Wildman–Crippen MR) is 146 cm³/mol. The lowest BCUT2D eigenvalue weighted by Gasteiger charge is -2.37. The number of hydrogen-bond donors (Lipinski definition) is 0. The number of carbonyl (C=O) groups excluding carboxylic acids is 3. The molecule has 1 saturated heterocycles. The van der Waals surface area contributed by atoms with E-state index in [1.807, 2.05) is 11.0 Å². The molecule has 186 valence electrons. The first kappa shape index (κ1) is 23.3. The van der Waals surface area contributed by atoms with E-state index in [1.165, 1.54) is 17.4 Å².